The third-order valence-corrected chi connectivity index (χ3v) is 2.24. The summed E-state index contributed by atoms with van der Waals surface area (Å²) in [5, 5.41) is 8.47. The normalized spacial score (nSPS) is 12.5. The molecule has 0 amide bonds. The zero-order valence-electron chi connectivity index (χ0n) is 7.93. The summed E-state index contributed by atoms with van der Waals surface area (Å²) in [5.74, 6) is -3.45. The Morgan fingerprint density at radius 2 is 1.93 bits per heavy atom. The lowest BCUT2D eigenvalue weighted by molar-refractivity contribution is -0.137. The standard InChI is InChI=1S/C10H9ClF2O2/c1-5(2-9(14)15)10-7(12)3-6(11)4-8(10)13/h3-5H,2H2,1H3,(H,14,15). The van der Waals surface area contributed by atoms with E-state index in [0.717, 1.165) is 12.1 Å². The molecule has 0 saturated heterocycles. The van der Waals surface area contributed by atoms with Crippen molar-refractivity contribution in [1.29, 1.82) is 0 Å². The molecule has 1 atom stereocenters. The van der Waals surface area contributed by atoms with Crippen LogP contribution in [0.1, 0.15) is 24.8 Å². The van der Waals surface area contributed by atoms with Crippen LogP contribution in [0.15, 0.2) is 12.1 Å². The first-order chi connectivity index (χ1) is 6.91. The Balaban J connectivity index is 3.08. The second kappa shape index (κ2) is 4.57. The molecule has 1 aromatic carbocycles. The Kier molecular flexibility index (Phi) is 3.63. The second-order valence-corrected chi connectivity index (χ2v) is 3.72. The molecule has 0 aromatic heterocycles. The molecule has 1 unspecified atom stereocenters. The van der Waals surface area contributed by atoms with Crippen LogP contribution < -0.4 is 0 Å². The zero-order chi connectivity index (χ0) is 11.6. The first-order valence-electron chi connectivity index (χ1n) is 4.28. The van der Waals surface area contributed by atoms with Crippen molar-refractivity contribution in [3.05, 3.63) is 34.4 Å². The number of carboxylic acid groups (broad SMARTS) is 1. The van der Waals surface area contributed by atoms with Crippen LogP contribution in [-0.4, -0.2) is 11.1 Å². The van der Waals surface area contributed by atoms with Crippen molar-refractivity contribution in [2.24, 2.45) is 0 Å². The predicted molar refractivity (Wildman–Crippen MR) is 52.0 cm³/mol. The lowest BCUT2D eigenvalue weighted by Crippen LogP contribution is -2.07. The Hall–Kier alpha value is -1.16. The highest BCUT2D eigenvalue weighted by Crippen LogP contribution is 2.27. The average Bonchev–Trinajstić information content (AvgIpc) is 1.99. The number of rotatable bonds is 3. The van der Waals surface area contributed by atoms with Crippen LogP contribution in [0, 0.1) is 11.6 Å². The molecule has 0 fully saturated rings. The summed E-state index contributed by atoms with van der Waals surface area (Å²) in [4.78, 5) is 10.4. The molecule has 0 bridgehead atoms. The molecule has 0 aliphatic heterocycles. The predicted octanol–water partition coefficient (Wildman–Crippen LogP) is 3.20. The summed E-state index contributed by atoms with van der Waals surface area (Å²) in [6.07, 6.45) is -0.324. The van der Waals surface area contributed by atoms with Gasteiger partial charge in [0.05, 0.1) is 6.42 Å². The number of benzene rings is 1. The topological polar surface area (TPSA) is 37.3 Å². The third-order valence-electron chi connectivity index (χ3n) is 2.02. The number of aliphatic carboxylic acids is 1. The monoisotopic (exact) mass is 234 g/mol. The van der Waals surface area contributed by atoms with Gasteiger partial charge in [0.15, 0.2) is 0 Å². The Morgan fingerprint density at radius 3 is 2.33 bits per heavy atom. The van der Waals surface area contributed by atoms with Gasteiger partial charge in [-0.2, -0.15) is 0 Å². The van der Waals surface area contributed by atoms with Gasteiger partial charge in [-0.1, -0.05) is 18.5 Å². The molecule has 0 saturated carbocycles. The minimum Gasteiger partial charge on any atom is -0.481 e. The molecule has 0 spiro atoms. The van der Waals surface area contributed by atoms with Crippen molar-refractivity contribution in [1.82, 2.24) is 0 Å². The van der Waals surface area contributed by atoms with Crippen LogP contribution in [0.25, 0.3) is 0 Å². The molecule has 0 aliphatic rings. The van der Waals surface area contributed by atoms with Crippen molar-refractivity contribution in [3.63, 3.8) is 0 Å². The van der Waals surface area contributed by atoms with E-state index in [1.54, 1.807) is 0 Å². The second-order valence-electron chi connectivity index (χ2n) is 3.28. The smallest absolute Gasteiger partial charge is 0.303 e. The number of carbonyl (C=O) groups is 1. The molecule has 1 N–H and O–H groups in total. The zero-order valence-corrected chi connectivity index (χ0v) is 8.68. The SMILES string of the molecule is CC(CC(=O)O)c1c(F)cc(Cl)cc1F. The van der Waals surface area contributed by atoms with Crippen LogP contribution in [0.5, 0.6) is 0 Å². The van der Waals surface area contributed by atoms with E-state index in [4.69, 9.17) is 16.7 Å². The highest BCUT2D eigenvalue weighted by Gasteiger charge is 2.19. The molecule has 1 aromatic rings. The fourth-order valence-electron chi connectivity index (χ4n) is 1.39. The van der Waals surface area contributed by atoms with E-state index in [-0.39, 0.29) is 17.0 Å². The van der Waals surface area contributed by atoms with Gasteiger partial charge < -0.3 is 5.11 Å². The van der Waals surface area contributed by atoms with Gasteiger partial charge in [-0.05, 0) is 18.1 Å². The summed E-state index contributed by atoms with van der Waals surface area (Å²) in [7, 11) is 0. The lowest BCUT2D eigenvalue weighted by atomic mass is 9.97. The van der Waals surface area contributed by atoms with E-state index < -0.39 is 23.5 Å². The fourth-order valence-corrected chi connectivity index (χ4v) is 1.58. The largest absolute Gasteiger partial charge is 0.481 e. The minimum absolute atomic E-state index is 0.0451. The van der Waals surface area contributed by atoms with Gasteiger partial charge in [-0.25, -0.2) is 8.78 Å². The lowest BCUT2D eigenvalue weighted by Gasteiger charge is -2.11. The minimum atomic E-state index is -1.10. The van der Waals surface area contributed by atoms with Crippen molar-refractivity contribution < 1.29 is 18.7 Å². The summed E-state index contributed by atoms with van der Waals surface area (Å²) >= 11 is 5.44. The van der Waals surface area contributed by atoms with E-state index >= 15 is 0 Å². The summed E-state index contributed by atoms with van der Waals surface area (Å²) in [6.45, 7) is 1.45. The molecule has 0 heterocycles. The molecule has 0 aliphatic carbocycles. The molecule has 0 radical (unpaired) electrons. The average molecular weight is 235 g/mol. The number of carboxylic acids is 1. The van der Waals surface area contributed by atoms with Crippen LogP contribution in [0.4, 0.5) is 8.78 Å². The van der Waals surface area contributed by atoms with Gasteiger partial charge in [-0.15, -0.1) is 0 Å². The Morgan fingerprint density at radius 1 is 1.47 bits per heavy atom. The summed E-state index contributed by atoms with van der Waals surface area (Å²) in [6, 6.07) is 1.94. The molecule has 5 heteroatoms. The maximum absolute atomic E-state index is 13.3. The Bertz CT molecular complexity index is 370. The quantitative estimate of drug-likeness (QED) is 0.872. The highest BCUT2D eigenvalue weighted by atomic mass is 35.5. The van der Waals surface area contributed by atoms with Gasteiger partial charge in [-0.3, -0.25) is 4.79 Å². The van der Waals surface area contributed by atoms with E-state index in [1.807, 2.05) is 0 Å². The van der Waals surface area contributed by atoms with Crippen molar-refractivity contribution in [3.8, 4) is 0 Å². The van der Waals surface area contributed by atoms with Crippen LogP contribution in [-0.2, 0) is 4.79 Å². The van der Waals surface area contributed by atoms with E-state index in [0.29, 0.717) is 0 Å². The third kappa shape index (κ3) is 2.89. The first-order valence-corrected chi connectivity index (χ1v) is 4.66. The van der Waals surface area contributed by atoms with Gasteiger partial charge in [0.1, 0.15) is 11.6 Å². The molecule has 82 valence electrons. The molecular formula is C10H9ClF2O2. The van der Waals surface area contributed by atoms with Crippen LogP contribution in [0.2, 0.25) is 5.02 Å². The molecule has 1 rings (SSSR count). The number of hydrogen-bond donors (Lipinski definition) is 1. The van der Waals surface area contributed by atoms with Crippen LogP contribution >= 0.6 is 11.6 Å². The highest BCUT2D eigenvalue weighted by molar-refractivity contribution is 6.30. The maximum atomic E-state index is 13.3. The van der Waals surface area contributed by atoms with Gasteiger partial charge in [0.2, 0.25) is 0 Å². The number of halogens is 3. The first kappa shape index (κ1) is 11.9. The fraction of sp³-hybridized carbons (Fsp3) is 0.300. The number of hydrogen-bond acceptors (Lipinski definition) is 1. The molecule has 15 heavy (non-hydrogen) atoms. The van der Waals surface area contributed by atoms with Crippen LogP contribution in [0.3, 0.4) is 0 Å². The van der Waals surface area contributed by atoms with Crippen molar-refractivity contribution in [2.45, 2.75) is 19.3 Å². The maximum Gasteiger partial charge on any atom is 0.303 e. The van der Waals surface area contributed by atoms with Gasteiger partial charge >= 0.3 is 5.97 Å². The van der Waals surface area contributed by atoms with E-state index in [1.165, 1.54) is 6.92 Å². The molecule has 2 nitrogen and oxygen atoms in total. The van der Waals surface area contributed by atoms with Gasteiger partial charge in [0, 0.05) is 10.6 Å². The Labute approximate surface area is 90.5 Å². The van der Waals surface area contributed by atoms with Crippen molar-refractivity contribution >= 4 is 17.6 Å². The summed E-state index contributed by atoms with van der Waals surface area (Å²) < 4.78 is 26.6. The summed E-state index contributed by atoms with van der Waals surface area (Å²) in [5.41, 5.74) is -0.234. The molecular weight excluding hydrogens is 226 g/mol. The van der Waals surface area contributed by atoms with E-state index in [9.17, 15) is 13.6 Å². The van der Waals surface area contributed by atoms with E-state index in [2.05, 4.69) is 0 Å². The van der Waals surface area contributed by atoms with Crippen molar-refractivity contribution in [2.75, 3.05) is 0 Å². The van der Waals surface area contributed by atoms with Gasteiger partial charge in [0.25, 0.3) is 0 Å².